The number of amides is 1. The summed E-state index contributed by atoms with van der Waals surface area (Å²) in [6.07, 6.45) is 0.0731. The van der Waals surface area contributed by atoms with Gasteiger partial charge >= 0.3 is 0 Å². The zero-order chi connectivity index (χ0) is 17.7. The van der Waals surface area contributed by atoms with Crippen molar-refractivity contribution in [2.45, 2.75) is 20.0 Å². The second-order valence-corrected chi connectivity index (χ2v) is 6.48. The first kappa shape index (κ1) is 18.5. The third-order valence-electron chi connectivity index (χ3n) is 2.89. The fourth-order valence-corrected chi connectivity index (χ4v) is 2.42. The van der Waals surface area contributed by atoms with Crippen molar-refractivity contribution in [2.24, 2.45) is 0 Å². The highest BCUT2D eigenvalue weighted by Gasteiger charge is 2.10. The molecule has 0 spiro atoms. The first-order valence-electron chi connectivity index (χ1n) is 7.19. The molecule has 2 rings (SSSR count). The van der Waals surface area contributed by atoms with Gasteiger partial charge in [-0.15, -0.1) is 0 Å². The summed E-state index contributed by atoms with van der Waals surface area (Å²) < 4.78 is 5.54. The minimum absolute atomic E-state index is 0.0731. The standard InChI is InChI=1S/C17H16Cl2N2O2S/c1-10(2)23-13-6-3-11(4-7-13)16(22)21-17(24)20-15-9-12(18)5-8-14(15)19/h3-10H,1-2H3,(H2,20,21,22,24). The normalized spacial score (nSPS) is 10.4. The molecule has 0 aliphatic heterocycles. The number of rotatable bonds is 4. The number of benzene rings is 2. The van der Waals surface area contributed by atoms with Crippen molar-refractivity contribution < 1.29 is 9.53 Å². The highest BCUT2D eigenvalue weighted by atomic mass is 35.5. The molecule has 1 amide bonds. The van der Waals surface area contributed by atoms with Crippen molar-refractivity contribution in [3.8, 4) is 5.75 Å². The van der Waals surface area contributed by atoms with Crippen LogP contribution in [-0.2, 0) is 0 Å². The molecule has 0 heterocycles. The topological polar surface area (TPSA) is 50.4 Å². The molecule has 0 aromatic heterocycles. The minimum atomic E-state index is -0.332. The van der Waals surface area contributed by atoms with Crippen molar-refractivity contribution in [2.75, 3.05) is 5.32 Å². The predicted octanol–water partition coefficient (Wildman–Crippen LogP) is 4.91. The van der Waals surface area contributed by atoms with Gasteiger partial charge < -0.3 is 10.1 Å². The van der Waals surface area contributed by atoms with Gasteiger partial charge in [0.25, 0.3) is 5.91 Å². The van der Waals surface area contributed by atoms with Gasteiger partial charge in [0.05, 0.1) is 16.8 Å². The molecular weight excluding hydrogens is 367 g/mol. The molecule has 0 saturated carbocycles. The average Bonchev–Trinajstić information content (AvgIpc) is 2.51. The smallest absolute Gasteiger partial charge is 0.257 e. The molecule has 0 bridgehead atoms. The number of hydrogen-bond donors (Lipinski definition) is 2. The van der Waals surface area contributed by atoms with E-state index in [0.29, 0.717) is 27.0 Å². The summed E-state index contributed by atoms with van der Waals surface area (Å²) in [4.78, 5) is 12.2. The van der Waals surface area contributed by atoms with E-state index >= 15 is 0 Å². The van der Waals surface area contributed by atoms with E-state index in [1.54, 1.807) is 42.5 Å². The van der Waals surface area contributed by atoms with Crippen LogP contribution in [0, 0.1) is 0 Å². The van der Waals surface area contributed by atoms with Gasteiger partial charge in [-0.05, 0) is 68.5 Å². The molecule has 7 heteroatoms. The Morgan fingerprint density at radius 3 is 2.42 bits per heavy atom. The minimum Gasteiger partial charge on any atom is -0.491 e. The lowest BCUT2D eigenvalue weighted by molar-refractivity contribution is 0.0977. The molecule has 24 heavy (non-hydrogen) atoms. The van der Waals surface area contributed by atoms with E-state index in [1.165, 1.54) is 0 Å². The van der Waals surface area contributed by atoms with Crippen LogP contribution in [0.3, 0.4) is 0 Å². The van der Waals surface area contributed by atoms with Crippen LogP contribution in [0.25, 0.3) is 0 Å². The maximum atomic E-state index is 12.2. The van der Waals surface area contributed by atoms with E-state index in [2.05, 4.69) is 10.6 Å². The predicted molar refractivity (Wildman–Crippen MR) is 102 cm³/mol. The number of nitrogens with one attached hydrogen (secondary N) is 2. The van der Waals surface area contributed by atoms with Gasteiger partial charge in [0.15, 0.2) is 5.11 Å². The number of ether oxygens (including phenoxy) is 1. The van der Waals surface area contributed by atoms with Gasteiger partial charge in [-0.25, -0.2) is 0 Å². The van der Waals surface area contributed by atoms with E-state index in [0.717, 1.165) is 0 Å². The van der Waals surface area contributed by atoms with Gasteiger partial charge in [0.2, 0.25) is 0 Å². The van der Waals surface area contributed by atoms with Crippen LogP contribution in [0.15, 0.2) is 42.5 Å². The molecule has 0 aliphatic carbocycles. The van der Waals surface area contributed by atoms with E-state index < -0.39 is 0 Å². The molecule has 126 valence electrons. The molecule has 2 aromatic carbocycles. The summed E-state index contributed by atoms with van der Waals surface area (Å²) in [5.41, 5.74) is 0.989. The van der Waals surface area contributed by atoms with E-state index in [4.69, 9.17) is 40.2 Å². The Balaban J connectivity index is 1.98. The highest BCUT2D eigenvalue weighted by Crippen LogP contribution is 2.25. The van der Waals surface area contributed by atoms with Gasteiger partial charge in [-0.3, -0.25) is 10.1 Å². The Labute approximate surface area is 156 Å². The summed E-state index contributed by atoms with van der Waals surface area (Å²) in [7, 11) is 0. The van der Waals surface area contributed by atoms with Crippen molar-refractivity contribution in [1.29, 1.82) is 0 Å². The van der Waals surface area contributed by atoms with Crippen LogP contribution in [0.2, 0.25) is 10.0 Å². The third kappa shape index (κ3) is 5.37. The largest absolute Gasteiger partial charge is 0.491 e. The number of hydrogen-bond acceptors (Lipinski definition) is 3. The number of halogens is 2. The highest BCUT2D eigenvalue weighted by molar-refractivity contribution is 7.80. The lowest BCUT2D eigenvalue weighted by Crippen LogP contribution is -2.34. The number of carbonyl (C=O) groups is 1. The van der Waals surface area contributed by atoms with Crippen molar-refractivity contribution >= 4 is 52.1 Å². The molecule has 0 fully saturated rings. The van der Waals surface area contributed by atoms with Crippen LogP contribution in [0.5, 0.6) is 5.75 Å². The fourth-order valence-electron chi connectivity index (χ4n) is 1.88. The van der Waals surface area contributed by atoms with E-state index in [9.17, 15) is 4.79 Å². The Morgan fingerprint density at radius 2 is 1.79 bits per heavy atom. The fraction of sp³-hybridized carbons (Fsp3) is 0.176. The number of thiocarbonyl (C=S) groups is 1. The van der Waals surface area contributed by atoms with Crippen molar-refractivity contribution in [3.63, 3.8) is 0 Å². The van der Waals surface area contributed by atoms with Crippen molar-refractivity contribution in [1.82, 2.24) is 5.32 Å². The molecule has 0 atom stereocenters. The first-order chi connectivity index (χ1) is 11.3. The molecule has 0 saturated heterocycles. The summed E-state index contributed by atoms with van der Waals surface area (Å²) in [5, 5.41) is 6.53. The second-order valence-electron chi connectivity index (χ2n) is 5.22. The van der Waals surface area contributed by atoms with Gasteiger partial charge in [0, 0.05) is 10.6 Å². The maximum absolute atomic E-state index is 12.2. The van der Waals surface area contributed by atoms with E-state index in [-0.39, 0.29) is 17.1 Å². The maximum Gasteiger partial charge on any atom is 0.257 e. The summed E-state index contributed by atoms with van der Waals surface area (Å²) in [5.74, 6) is 0.370. The van der Waals surface area contributed by atoms with Gasteiger partial charge in [-0.2, -0.15) is 0 Å². The zero-order valence-electron chi connectivity index (χ0n) is 13.1. The first-order valence-corrected chi connectivity index (χ1v) is 8.35. The molecule has 4 nitrogen and oxygen atoms in total. The Bertz CT molecular complexity index is 749. The molecular formula is C17H16Cl2N2O2S. The van der Waals surface area contributed by atoms with Crippen LogP contribution >= 0.6 is 35.4 Å². The summed E-state index contributed by atoms with van der Waals surface area (Å²) >= 11 is 17.1. The average molecular weight is 383 g/mol. The van der Waals surface area contributed by atoms with Gasteiger partial charge in [-0.1, -0.05) is 23.2 Å². The van der Waals surface area contributed by atoms with E-state index in [1.807, 2.05) is 13.8 Å². The van der Waals surface area contributed by atoms with Crippen molar-refractivity contribution in [3.05, 3.63) is 58.1 Å². The Kier molecular flexibility index (Phi) is 6.43. The zero-order valence-corrected chi connectivity index (χ0v) is 15.4. The van der Waals surface area contributed by atoms with Crippen LogP contribution in [0.4, 0.5) is 5.69 Å². The third-order valence-corrected chi connectivity index (χ3v) is 3.66. The molecule has 2 aromatic rings. The van der Waals surface area contributed by atoms with Crippen LogP contribution in [-0.4, -0.2) is 17.1 Å². The van der Waals surface area contributed by atoms with Crippen LogP contribution < -0.4 is 15.4 Å². The lowest BCUT2D eigenvalue weighted by atomic mass is 10.2. The van der Waals surface area contributed by atoms with Crippen LogP contribution in [0.1, 0.15) is 24.2 Å². The number of anilines is 1. The molecule has 0 aliphatic rings. The van der Waals surface area contributed by atoms with Gasteiger partial charge in [0.1, 0.15) is 5.75 Å². The molecule has 0 unspecified atom stereocenters. The Morgan fingerprint density at radius 1 is 1.12 bits per heavy atom. The quantitative estimate of drug-likeness (QED) is 0.737. The second kappa shape index (κ2) is 8.33. The molecule has 0 radical (unpaired) electrons. The lowest BCUT2D eigenvalue weighted by Gasteiger charge is -2.12. The SMILES string of the molecule is CC(C)Oc1ccc(C(=O)NC(=S)Nc2cc(Cl)ccc2Cl)cc1. The molecule has 2 N–H and O–H groups in total. The number of carbonyl (C=O) groups excluding carboxylic acids is 1. The summed E-state index contributed by atoms with van der Waals surface area (Å²) in [6, 6.07) is 11.7. The summed E-state index contributed by atoms with van der Waals surface area (Å²) in [6.45, 7) is 3.87. The Hall–Kier alpha value is -1.82. The monoisotopic (exact) mass is 382 g/mol.